The number of benzene rings is 1. The molecule has 2 heterocycles. The van der Waals surface area contributed by atoms with Crippen LogP contribution in [0.3, 0.4) is 0 Å². The molecule has 1 aromatic carbocycles. The number of hydrogen-bond donors (Lipinski definition) is 3. The van der Waals surface area contributed by atoms with Gasteiger partial charge in [0.15, 0.2) is 0 Å². The fourth-order valence-corrected chi connectivity index (χ4v) is 2.36. The van der Waals surface area contributed by atoms with Gasteiger partial charge in [-0.25, -0.2) is 9.97 Å². The second kappa shape index (κ2) is 5.30. The van der Waals surface area contributed by atoms with Crippen molar-refractivity contribution in [1.29, 1.82) is 0 Å². The van der Waals surface area contributed by atoms with Crippen LogP contribution in [0.1, 0.15) is 17.1 Å². The normalized spacial score (nSPS) is 11.1. The van der Waals surface area contributed by atoms with Gasteiger partial charge in [0.05, 0.1) is 6.54 Å². The van der Waals surface area contributed by atoms with Crippen LogP contribution in [-0.2, 0) is 13.1 Å². The van der Waals surface area contributed by atoms with Gasteiger partial charge in [0.25, 0.3) is 0 Å². The monoisotopic (exact) mass is 267 g/mol. The van der Waals surface area contributed by atoms with Crippen LogP contribution in [0.15, 0.2) is 36.5 Å². The Morgan fingerprint density at radius 3 is 2.90 bits per heavy atom. The zero-order chi connectivity index (χ0) is 13.9. The van der Waals surface area contributed by atoms with E-state index < -0.39 is 0 Å². The summed E-state index contributed by atoms with van der Waals surface area (Å²) in [7, 11) is 0. The summed E-state index contributed by atoms with van der Waals surface area (Å²) in [5, 5.41) is 4.62. The number of rotatable bonds is 4. The van der Waals surface area contributed by atoms with Crippen LogP contribution < -0.4 is 11.1 Å². The van der Waals surface area contributed by atoms with Gasteiger partial charge < -0.3 is 16.0 Å². The summed E-state index contributed by atoms with van der Waals surface area (Å²) in [5.74, 6) is 1.21. The van der Waals surface area contributed by atoms with E-state index in [0.29, 0.717) is 18.2 Å². The fraction of sp³-hybridized carbons (Fsp3) is 0.200. The number of aryl methyl sites for hydroxylation is 1. The highest BCUT2D eigenvalue weighted by Gasteiger charge is 2.07. The van der Waals surface area contributed by atoms with Crippen LogP contribution in [0.25, 0.3) is 10.9 Å². The minimum Gasteiger partial charge on any atom is -0.384 e. The van der Waals surface area contributed by atoms with E-state index >= 15 is 0 Å². The molecule has 102 valence electrons. The Balaban J connectivity index is 1.73. The largest absolute Gasteiger partial charge is 0.384 e. The molecule has 0 fully saturated rings. The smallest absolute Gasteiger partial charge is 0.144 e. The van der Waals surface area contributed by atoms with Crippen LogP contribution >= 0.6 is 0 Å². The summed E-state index contributed by atoms with van der Waals surface area (Å²) >= 11 is 0. The van der Waals surface area contributed by atoms with Gasteiger partial charge in [-0.2, -0.15) is 0 Å². The molecule has 2 aromatic heterocycles. The molecule has 0 saturated heterocycles. The molecule has 5 heteroatoms. The average molecular weight is 267 g/mol. The zero-order valence-electron chi connectivity index (χ0n) is 11.4. The van der Waals surface area contributed by atoms with Gasteiger partial charge in [0.1, 0.15) is 11.6 Å². The molecule has 0 unspecified atom stereocenters. The summed E-state index contributed by atoms with van der Waals surface area (Å²) in [4.78, 5) is 11.7. The number of anilines is 1. The van der Waals surface area contributed by atoms with E-state index in [1.807, 2.05) is 6.07 Å². The molecule has 0 spiro atoms. The third-order valence-corrected chi connectivity index (χ3v) is 3.34. The second-order valence-electron chi connectivity index (χ2n) is 4.78. The molecule has 0 aliphatic heterocycles. The third-order valence-electron chi connectivity index (χ3n) is 3.34. The first-order valence-electron chi connectivity index (χ1n) is 6.58. The predicted molar refractivity (Wildman–Crippen MR) is 80.0 cm³/mol. The van der Waals surface area contributed by atoms with Gasteiger partial charge in [0, 0.05) is 29.3 Å². The zero-order valence-corrected chi connectivity index (χ0v) is 11.4. The van der Waals surface area contributed by atoms with Gasteiger partial charge in [-0.15, -0.1) is 0 Å². The van der Waals surface area contributed by atoms with E-state index in [2.05, 4.69) is 45.4 Å². The van der Waals surface area contributed by atoms with Crippen LogP contribution in [0.2, 0.25) is 0 Å². The van der Waals surface area contributed by atoms with Crippen LogP contribution in [-0.4, -0.2) is 15.0 Å². The van der Waals surface area contributed by atoms with Crippen LogP contribution in [0, 0.1) is 6.92 Å². The van der Waals surface area contributed by atoms with Crippen molar-refractivity contribution in [1.82, 2.24) is 20.3 Å². The Morgan fingerprint density at radius 2 is 2.05 bits per heavy atom. The van der Waals surface area contributed by atoms with E-state index in [1.165, 1.54) is 22.2 Å². The van der Waals surface area contributed by atoms with Crippen molar-refractivity contribution < 1.29 is 0 Å². The second-order valence-corrected chi connectivity index (χ2v) is 4.78. The summed E-state index contributed by atoms with van der Waals surface area (Å²) in [5.41, 5.74) is 9.28. The highest BCUT2D eigenvalue weighted by atomic mass is 15.0. The molecule has 20 heavy (non-hydrogen) atoms. The molecule has 0 radical (unpaired) electrons. The summed E-state index contributed by atoms with van der Waals surface area (Å²) in [6.07, 6.45) is 1.68. The van der Waals surface area contributed by atoms with Gasteiger partial charge in [-0.05, 0) is 24.6 Å². The van der Waals surface area contributed by atoms with Crippen molar-refractivity contribution >= 4 is 16.7 Å². The van der Waals surface area contributed by atoms with E-state index in [-0.39, 0.29) is 0 Å². The first kappa shape index (κ1) is 12.6. The summed E-state index contributed by atoms with van der Waals surface area (Å²) < 4.78 is 0. The first-order chi connectivity index (χ1) is 9.74. The molecular weight excluding hydrogens is 250 g/mol. The van der Waals surface area contributed by atoms with Crippen molar-refractivity contribution in [2.45, 2.75) is 20.0 Å². The number of nitrogens with one attached hydrogen (secondary N) is 2. The summed E-state index contributed by atoms with van der Waals surface area (Å²) in [6, 6.07) is 10.0. The minimum atomic E-state index is 0.500. The van der Waals surface area contributed by atoms with Gasteiger partial charge in [-0.1, -0.05) is 18.2 Å². The van der Waals surface area contributed by atoms with Gasteiger partial charge >= 0.3 is 0 Å². The Labute approximate surface area is 117 Å². The number of H-pyrrole nitrogens is 1. The van der Waals surface area contributed by atoms with Crippen LogP contribution in [0.4, 0.5) is 5.82 Å². The Morgan fingerprint density at radius 1 is 1.20 bits per heavy atom. The van der Waals surface area contributed by atoms with E-state index in [9.17, 15) is 0 Å². The third kappa shape index (κ3) is 2.48. The van der Waals surface area contributed by atoms with E-state index in [4.69, 9.17) is 5.73 Å². The van der Waals surface area contributed by atoms with E-state index in [1.54, 1.807) is 12.3 Å². The van der Waals surface area contributed by atoms with E-state index in [0.717, 1.165) is 6.54 Å². The average Bonchev–Trinajstić information content (AvgIpc) is 2.75. The van der Waals surface area contributed by atoms with Crippen molar-refractivity contribution in [3.8, 4) is 0 Å². The van der Waals surface area contributed by atoms with Crippen molar-refractivity contribution in [3.63, 3.8) is 0 Å². The maximum atomic E-state index is 5.64. The lowest BCUT2D eigenvalue weighted by molar-refractivity contribution is 0.663. The molecular formula is C15H17N5. The highest BCUT2D eigenvalue weighted by Crippen LogP contribution is 2.21. The molecule has 3 aromatic rings. The number of nitrogens with two attached hydrogens (primary N) is 1. The Hall–Kier alpha value is -2.40. The lowest BCUT2D eigenvalue weighted by Gasteiger charge is -2.05. The standard InChI is InChI=1S/C15H17N5/c1-10-12(11-4-2-3-5-13(11)19-10)8-17-9-15-18-7-6-14(16)20-15/h2-7,17,19H,8-9H2,1H3,(H2,16,18,20). The van der Waals surface area contributed by atoms with Crippen molar-refractivity contribution in [2.24, 2.45) is 0 Å². The number of fused-ring (bicyclic) bond motifs is 1. The molecule has 0 aliphatic carbocycles. The number of hydrogen-bond acceptors (Lipinski definition) is 4. The van der Waals surface area contributed by atoms with Crippen molar-refractivity contribution in [3.05, 3.63) is 53.6 Å². The SMILES string of the molecule is Cc1[nH]c2ccccc2c1CNCc1nccc(N)n1. The molecule has 0 amide bonds. The highest BCUT2D eigenvalue weighted by molar-refractivity contribution is 5.84. The molecule has 0 aliphatic rings. The summed E-state index contributed by atoms with van der Waals surface area (Å²) in [6.45, 7) is 3.46. The molecule has 3 rings (SSSR count). The minimum absolute atomic E-state index is 0.500. The number of para-hydroxylation sites is 1. The Kier molecular flexibility index (Phi) is 3.35. The molecule has 0 atom stereocenters. The molecule has 4 N–H and O–H groups in total. The molecule has 0 bridgehead atoms. The first-order valence-corrected chi connectivity index (χ1v) is 6.58. The number of nitrogen functional groups attached to an aromatic ring is 1. The fourth-order valence-electron chi connectivity index (χ4n) is 2.36. The lowest BCUT2D eigenvalue weighted by atomic mass is 10.1. The van der Waals surface area contributed by atoms with Gasteiger partial charge in [0.2, 0.25) is 0 Å². The number of nitrogens with zero attached hydrogens (tertiary/aromatic N) is 2. The maximum Gasteiger partial charge on any atom is 0.144 e. The molecule has 5 nitrogen and oxygen atoms in total. The topological polar surface area (TPSA) is 79.6 Å². The quantitative estimate of drug-likeness (QED) is 0.676. The maximum absolute atomic E-state index is 5.64. The predicted octanol–water partition coefficient (Wildman–Crippen LogP) is 2.14. The van der Waals surface area contributed by atoms with Gasteiger partial charge in [-0.3, -0.25) is 0 Å². The number of aromatic nitrogens is 3. The van der Waals surface area contributed by atoms with Crippen LogP contribution in [0.5, 0.6) is 0 Å². The lowest BCUT2D eigenvalue weighted by Crippen LogP contribution is -2.15. The molecule has 0 saturated carbocycles. The van der Waals surface area contributed by atoms with Crippen molar-refractivity contribution in [2.75, 3.05) is 5.73 Å². The Bertz CT molecular complexity index is 732. The number of aromatic amines is 1.